The zero-order chi connectivity index (χ0) is 19.2. The maximum Gasteiger partial charge on any atom is 0.0701 e. The first-order valence-corrected chi connectivity index (χ1v) is 9.68. The third-order valence-corrected chi connectivity index (χ3v) is 4.36. The Morgan fingerprint density at radius 3 is 1.04 bits per heavy atom. The summed E-state index contributed by atoms with van der Waals surface area (Å²) in [7, 11) is 4.15. The summed E-state index contributed by atoms with van der Waals surface area (Å²) in [6.45, 7) is 7.69. The Morgan fingerprint density at radius 1 is 0.481 bits per heavy atom. The monoisotopic (exact) mass is 382 g/mol. The van der Waals surface area contributed by atoms with Crippen LogP contribution in [0.2, 0.25) is 0 Å². The van der Waals surface area contributed by atoms with Crippen LogP contribution in [0, 0.1) is 0 Å². The van der Waals surface area contributed by atoms with Crippen molar-refractivity contribution in [2.75, 3.05) is 103 Å². The van der Waals surface area contributed by atoms with Gasteiger partial charge in [-0.05, 0) is 24.3 Å². The fourth-order valence-electron chi connectivity index (χ4n) is 2.60. The molecule has 0 amide bonds. The third kappa shape index (κ3) is 9.39. The second-order valence-electron chi connectivity index (χ2n) is 6.42. The Hall–Kier alpha value is -1.38. The summed E-state index contributed by atoms with van der Waals surface area (Å²) in [5.74, 6) is 0. The normalized spacial score (nSPS) is 20.5. The van der Waals surface area contributed by atoms with E-state index in [0.29, 0.717) is 66.1 Å². The number of rotatable bonds is 0. The van der Waals surface area contributed by atoms with Gasteiger partial charge < -0.3 is 33.5 Å². The lowest BCUT2D eigenvalue weighted by molar-refractivity contribution is -0.0100. The van der Waals surface area contributed by atoms with Gasteiger partial charge in [0.25, 0.3) is 0 Å². The van der Waals surface area contributed by atoms with Crippen molar-refractivity contribution in [1.29, 1.82) is 0 Å². The molecule has 0 spiro atoms. The van der Waals surface area contributed by atoms with Gasteiger partial charge in [-0.15, -0.1) is 0 Å². The van der Waals surface area contributed by atoms with Gasteiger partial charge in [0.1, 0.15) is 0 Å². The number of benzene rings is 1. The van der Waals surface area contributed by atoms with Crippen molar-refractivity contribution < 1.29 is 23.7 Å². The van der Waals surface area contributed by atoms with Gasteiger partial charge in [0.15, 0.2) is 0 Å². The van der Waals surface area contributed by atoms with Crippen LogP contribution < -0.4 is 9.80 Å². The van der Waals surface area contributed by atoms with E-state index >= 15 is 0 Å². The molecule has 3 rings (SSSR count). The van der Waals surface area contributed by atoms with Gasteiger partial charge in [-0.2, -0.15) is 0 Å². The largest absolute Gasteiger partial charge is 0.377 e. The van der Waals surface area contributed by atoms with Crippen molar-refractivity contribution in [1.82, 2.24) is 0 Å². The van der Waals surface area contributed by atoms with Crippen molar-refractivity contribution in [2.24, 2.45) is 0 Å². The molecular formula is C20H34N2O5. The summed E-state index contributed by atoms with van der Waals surface area (Å²) < 4.78 is 27.7. The lowest BCUT2D eigenvalue weighted by atomic mass is 10.2. The predicted octanol–water partition coefficient (Wildman–Crippen LogP) is 1.66. The van der Waals surface area contributed by atoms with E-state index in [2.05, 4.69) is 48.2 Å². The molecule has 0 saturated heterocycles. The van der Waals surface area contributed by atoms with Gasteiger partial charge in [-0.3, -0.25) is 0 Å². The van der Waals surface area contributed by atoms with Gasteiger partial charge in [-0.25, -0.2) is 0 Å². The molecule has 0 saturated carbocycles. The minimum atomic E-state index is 0.574. The maximum atomic E-state index is 5.64. The second-order valence-corrected chi connectivity index (χ2v) is 6.42. The van der Waals surface area contributed by atoms with Crippen molar-refractivity contribution in [3.8, 4) is 0 Å². The van der Waals surface area contributed by atoms with Gasteiger partial charge >= 0.3 is 0 Å². The lowest BCUT2D eigenvalue weighted by Crippen LogP contribution is -2.24. The number of ether oxygens (including phenoxy) is 5. The van der Waals surface area contributed by atoms with Crippen LogP contribution in [0.5, 0.6) is 0 Å². The molecule has 154 valence electrons. The van der Waals surface area contributed by atoms with E-state index in [1.807, 2.05) is 0 Å². The van der Waals surface area contributed by atoms with E-state index < -0.39 is 0 Å². The average molecular weight is 383 g/mol. The Labute approximate surface area is 163 Å². The van der Waals surface area contributed by atoms with Crippen LogP contribution in [0.3, 0.4) is 0 Å². The number of anilines is 2. The Morgan fingerprint density at radius 2 is 0.741 bits per heavy atom. The Bertz CT molecular complexity index is 443. The summed E-state index contributed by atoms with van der Waals surface area (Å²) in [6.07, 6.45) is 0. The smallest absolute Gasteiger partial charge is 0.0701 e. The highest BCUT2D eigenvalue weighted by Gasteiger charge is 2.04. The highest BCUT2D eigenvalue weighted by atomic mass is 16.6. The highest BCUT2D eigenvalue weighted by molar-refractivity contribution is 5.55. The quantitative estimate of drug-likeness (QED) is 0.633. The molecule has 1 aromatic carbocycles. The molecule has 0 radical (unpaired) electrons. The number of likely N-dealkylation sites (N-methyl/N-ethyl adjacent to an activating group) is 2. The highest BCUT2D eigenvalue weighted by Crippen LogP contribution is 2.19. The number of hydrogen-bond acceptors (Lipinski definition) is 7. The maximum absolute atomic E-state index is 5.64. The standard InChI is InChI=1S/C20H34N2O5/c1-21-7-9-23-11-13-25-15-17-27-18-16-26-14-12-24-10-8-22(2)20-5-3-19(21)4-6-20/h3-6H,7-18H2,1-2H3. The molecule has 0 aromatic heterocycles. The van der Waals surface area contributed by atoms with Crippen LogP contribution in [0.1, 0.15) is 0 Å². The molecule has 0 N–H and O–H groups in total. The Kier molecular flexibility index (Phi) is 11.2. The molecule has 27 heavy (non-hydrogen) atoms. The first kappa shape index (κ1) is 21.9. The van der Waals surface area contributed by atoms with Gasteiger partial charge in [0.05, 0.1) is 66.1 Å². The molecule has 0 atom stereocenters. The summed E-state index contributed by atoms with van der Waals surface area (Å²) in [6, 6.07) is 8.55. The van der Waals surface area contributed by atoms with Crippen molar-refractivity contribution >= 4 is 11.4 Å². The minimum absolute atomic E-state index is 0.574. The summed E-state index contributed by atoms with van der Waals surface area (Å²) in [5, 5.41) is 0. The zero-order valence-electron chi connectivity index (χ0n) is 16.7. The van der Waals surface area contributed by atoms with Crippen LogP contribution in [0.15, 0.2) is 24.3 Å². The van der Waals surface area contributed by atoms with Crippen LogP contribution in [-0.2, 0) is 23.7 Å². The molecular weight excluding hydrogens is 348 g/mol. The molecule has 2 aliphatic heterocycles. The van der Waals surface area contributed by atoms with Crippen LogP contribution >= 0.6 is 0 Å². The Balaban J connectivity index is 1.79. The number of fused-ring (bicyclic) bond motifs is 20. The first-order chi connectivity index (χ1) is 13.3. The van der Waals surface area contributed by atoms with Gasteiger partial charge in [0.2, 0.25) is 0 Å². The van der Waals surface area contributed by atoms with E-state index in [4.69, 9.17) is 23.7 Å². The predicted molar refractivity (Wildman–Crippen MR) is 107 cm³/mol. The molecule has 2 aliphatic rings. The van der Waals surface area contributed by atoms with E-state index in [1.165, 1.54) is 11.4 Å². The van der Waals surface area contributed by atoms with Gasteiger partial charge in [-0.1, -0.05) is 0 Å². The molecule has 7 heteroatoms. The molecule has 1 aromatic rings. The topological polar surface area (TPSA) is 52.6 Å². The summed E-state index contributed by atoms with van der Waals surface area (Å²) in [4.78, 5) is 4.38. The fourth-order valence-corrected chi connectivity index (χ4v) is 2.60. The molecule has 7 nitrogen and oxygen atoms in total. The van der Waals surface area contributed by atoms with E-state index in [9.17, 15) is 0 Å². The van der Waals surface area contributed by atoms with Crippen LogP contribution in [0.25, 0.3) is 0 Å². The summed E-state index contributed by atoms with van der Waals surface area (Å²) in [5.41, 5.74) is 2.35. The average Bonchev–Trinajstić information content (AvgIpc) is 2.69. The van der Waals surface area contributed by atoms with Gasteiger partial charge in [0, 0.05) is 38.6 Å². The zero-order valence-corrected chi connectivity index (χ0v) is 16.7. The lowest BCUT2D eigenvalue weighted by Gasteiger charge is -2.22. The molecule has 2 bridgehead atoms. The number of nitrogens with zero attached hydrogens (tertiary/aromatic N) is 2. The van der Waals surface area contributed by atoms with Crippen molar-refractivity contribution in [2.45, 2.75) is 0 Å². The SMILES string of the molecule is CN1CCOCCOCCOCCOCCOCCN(C)c2ccc1cc2. The van der Waals surface area contributed by atoms with Crippen molar-refractivity contribution in [3.63, 3.8) is 0 Å². The molecule has 0 aliphatic carbocycles. The van der Waals surface area contributed by atoms with Crippen LogP contribution in [0.4, 0.5) is 11.4 Å². The molecule has 0 fully saturated rings. The van der Waals surface area contributed by atoms with Crippen molar-refractivity contribution in [3.05, 3.63) is 24.3 Å². The minimum Gasteiger partial charge on any atom is -0.377 e. The number of hydrogen-bond donors (Lipinski definition) is 0. The second kappa shape index (κ2) is 13.7. The first-order valence-electron chi connectivity index (χ1n) is 9.68. The van der Waals surface area contributed by atoms with Crippen LogP contribution in [-0.4, -0.2) is 93.3 Å². The third-order valence-electron chi connectivity index (χ3n) is 4.36. The van der Waals surface area contributed by atoms with E-state index in [-0.39, 0.29) is 0 Å². The van der Waals surface area contributed by atoms with E-state index in [1.54, 1.807) is 0 Å². The molecule has 0 unspecified atom stereocenters. The fraction of sp³-hybridized carbons (Fsp3) is 0.700. The summed E-state index contributed by atoms with van der Waals surface area (Å²) >= 11 is 0. The van der Waals surface area contributed by atoms with E-state index in [0.717, 1.165) is 13.1 Å². The molecule has 2 heterocycles.